The van der Waals surface area contributed by atoms with Gasteiger partial charge in [-0.2, -0.15) is 0 Å². The highest BCUT2D eigenvalue weighted by molar-refractivity contribution is 5.85. The molecule has 0 saturated carbocycles. The Morgan fingerprint density at radius 1 is 1.39 bits per heavy atom. The Labute approximate surface area is 114 Å². The average Bonchev–Trinajstić information content (AvgIpc) is 2.28. The van der Waals surface area contributed by atoms with Crippen LogP contribution < -0.4 is 15.8 Å². The first-order valence-electron chi connectivity index (χ1n) is 5.84. The quantitative estimate of drug-likeness (QED) is 0.825. The zero-order valence-electron chi connectivity index (χ0n) is 10.8. The fourth-order valence-electron chi connectivity index (χ4n) is 1.47. The number of ether oxygens (including phenoxy) is 1. The van der Waals surface area contributed by atoms with Crippen LogP contribution in [0.5, 0.6) is 5.75 Å². The van der Waals surface area contributed by atoms with E-state index in [1.165, 1.54) is 0 Å². The van der Waals surface area contributed by atoms with Crippen LogP contribution in [0.25, 0.3) is 0 Å². The van der Waals surface area contributed by atoms with Gasteiger partial charge in [0.15, 0.2) is 0 Å². The van der Waals surface area contributed by atoms with Gasteiger partial charge in [-0.15, -0.1) is 12.4 Å². The van der Waals surface area contributed by atoms with Crippen LogP contribution in [-0.4, -0.2) is 25.1 Å². The molecule has 0 aliphatic carbocycles. The molecule has 0 aliphatic rings. The van der Waals surface area contributed by atoms with E-state index >= 15 is 0 Å². The van der Waals surface area contributed by atoms with E-state index in [4.69, 9.17) is 10.5 Å². The summed E-state index contributed by atoms with van der Waals surface area (Å²) in [5.41, 5.74) is 6.23. The average molecular weight is 273 g/mol. The van der Waals surface area contributed by atoms with Crippen molar-refractivity contribution in [2.75, 3.05) is 13.1 Å². The van der Waals surface area contributed by atoms with Crippen LogP contribution in [0.15, 0.2) is 24.3 Å². The number of benzene rings is 1. The van der Waals surface area contributed by atoms with E-state index in [1.54, 1.807) is 0 Å². The third-order valence-electron chi connectivity index (χ3n) is 2.15. The number of nitrogens with two attached hydrogens (primary N) is 1. The summed E-state index contributed by atoms with van der Waals surface area (Å²) in [5, 5.41) is 2.74. The van der Waals surface area contributed by atoms with Crippen LogP contribution in [0.3, 0.4) is 0 Å². The molecule has 3 N–H and O–H groups in total. The maximum absolute atomic E-state index is 11.6. The number of carbonyl (C=O) groups excluding carboxylic acids is 1. The molecule has 0 atom stereocenters. The van der Waals surface area contributed by atoms with E-state index in [0.717, 1.165) is 11.3 Å². The molecule has 0 bridgehead atoms. The molecule has 18 heavy (non-hydrogen) atoms. The monoisotopic (exact) mass is 272 g/mol. The topological polar surface area (TPSA) is 64.3 Å². The van der Waals surface area contributed by atoms with Crippen molar-refractivity contribution in [1.82, 2.24) is 5.32 Å². The van der Waals surface area contributed by atoms with Crippen molar-refractivity contribution in [3.63, 3.8) is 0 Å². The van der Waals surface area contributed by atoms with Crippen molar-refractivity contribution in [2.45, 2.75) is 26.4 Å². The molecule has 5 heteroatoms. The third-order valence-corrected chi connectivity index (χ3v) is 2.15. The first-order chi connectivity index (χ1) is 8.13. The molecule has 1 aromatic carbocycles. The minimum absolute atomic E-state index is 0. The maximum atomic E-state index is 11.6. The van der Waals surface area contributed by atoms with Crippen molar-refractivity contribution in [3.8, 4) is 5.75 Å². The number of hydrogen-bond acceptors (Lipinski definition) is 3. The highest BCUT2D eigenvalue weighted by Crippen LogP contribution is 2.19. The molecule has 0 spiro atoms. The van der Waals surface area contributed by atoms with Gasteiger partial charge in [0.2, 0.25) is 5.91 Å². The van der Waals surface area contributed by atoms with Gasteiger partial charge in [-0.05, 0) is 19.9 Å². The van der Waals surface area contributed by atoms with Crippen LogP contribution in [0.4, 0.5) is 0 Å². The number of para-hydroxylation sites is 1. The molecule has 1 amide bonds. The zero-order valence-corrected chi connectivity index (χ0v) is 11.6. The second-order valence-electron chi connectivity index (χ2n) is 4.09. The summed E-state index contributed by atoms with van der Waals surface area (Å²) < 4.78 is 5.65. The maximum Gasteiger partial charge on any atom is 0.224 e. The molecular formula is C13H21ClN2O2. The van der Waals surface area contributed by atoms with Crippen LogP contribution in [0, 0.1) is 0 Å². The Morgan fingerprint density at radius 3 is 2.67 bits per heavy atom. The number of hydrogen-bond donors (Lipinski definition) is 2. The fraction of sp³-hybridized carbons (Fsp3) is 0.462. The molecule has 0 saturated heterocycles. The van der Waals surface area contributed by atoms with E-state index in [1.807, 2.05) is 38.1 Å². The number of rotatable bonds is 6. The van der Waals surface area contributed by atoms with E-state index < -0.39 is 0 Å². The number of halogens is 1. The predicted octanol–water partition coefficient (Wildman–Crippen LogP) is 1.51. The first kappa shape index (κ1) is 16.7. The van der Waals surface area contributed by atoms with Gasteiger partial charge in [-0.25, -0.2) is 0 Å². The molecule has 0 heterocycles. The van der Waals surface area contributed by atoms with Gasteiger partial charge in [0.1, 0.15) is 5.75 Å². The number of amides is 1. The highest BCUT2D eigenvalue weighted by Gasteiger charge is 2.09. The summed E-state index contributed by atoms with van der Waals surface area (Å²) in [4.78, 5) is 11.6. The molecule has 1 rings (SSSR count). The lowest BCUT2D eigenvalue weighted by molar-refractivity contribution is -0.120. The molecule has 4 nitrogen and oxygen atoms in total. The van der Waals surface area contributed by atoms with E-state index in [2.05, 4.69) is 5.32 Å². The largest absolute Gasteiger partial charge is 0.491 e. The highest BCUT2D eigenvalue weighted by atomic mass is 35.5. The lowest BCUT2D eigenvalue weighted by Crippen LogP contribution is -2.30. The third kappa shape index (κ3) is 5.89. The SMILES string of the molecule is CC(C)Oc1ccccc1CC(=O)NCCN.Cl. The summed E-state index contributed by atoms with van der Waals surface area (Å²) in [6.07, 6.45) is 0.423. The van der Waals surface area contributed by atoms with E-state index in [9.17, 15) is 4.79 Å². The predicted molar refractivity (Wildman–Crippen MR) is 75.2 cm³/mol. The van der Waals surface area contributed by atoms with Gasteiger partial charge in [0.25, 0.3) is 0 Å². The smallest absolute Gasteiger partial charge is 0.224 e. The van der Waals surface area contributed by atoms with Crippen LogP contribution in [-0.2, 0) is 11.2 Å². The van der Waals surface area contributed by atoms with Crippen LogP contribution >= 0.6 is 12.4 Å². The molecule has 0 aromatic heterocycles. The molecule has 0 unspecified atom stereocenters. The Bertz CT molecular complexity index is 370. The molecule has 102 valence electrons. The minimum Gasteiger partial charge on any atom is -0.491 e. The van der Waals surface area contributed by atoms with Crippen LogP contribution in [0.2, 0.25) is 0 Å². The summed E-state index contributed by atoms with van der Waals surface area (Å²) in [7, 11) is 0. The van der Waals surface area contributed by atoms with Crippen molar-refractivity contribution in [3.05, 3.63) is 29.8 Å². The van der Waals surface area contributed by atoms with E-state index in [0.29, 0.717) is 19.5 Å². The second kappa shape index (κ2) is 8.78. The molecule has 0 radical (unpaired) electrons. The van der Waals surface area contributed by atoms with Crippen molar-refractivity contribution in [1.29, 1.82) is 0 Å². The minimum atomic E-state index is -0.0322. The first-order valence-corrected chi connectivity index (χ1v) is 5.84. The number of carbonyl (C=O) groups is 1. The van der Waals surface area contributed by atoms with E-state index in [-0.39, 0.29) is 24.4 Å². The Hall–Kier alpha value is -1.26. The van der Waals surface area contributed by atoms with Crippen LogP contribution in [0.1, 0.15) is 19.4 Å². The molecule has 1 aromatic rings. The zero-order chi connectivity index (χ0) is 12.7. The lowest BCUT2D eigenvalue weighted by Gasteiger charge is -2.13. The van der Waals surface area contributed by atoms with Gasteiger partial charge >= 0.3 is 0 Å². The van der Waals surface area contributed by atoms with Gasteiger partial charge in [0.05, 0.1) is 12.5 Å². The summed E-state index contributed by atoms with van der Waals surface area (Å²) in [6, 6.07) is 7.59. The summed E-state index contributed by atoms with van der Waals surface area (Å²) >= 11 is 0. The number of nitrogens with one attached hydrogen (secondary N) is 1. The summed E-state index contributed by atoms with van der Waals surface area (Å²) in [5.74, 6) is 0.737. The molecule has 0 aliphatic heterocycles. The van der Waals surface area contributed by atoms with Gasteiger partial charge in [-0.3, -0.25) is 4.79 Å². The molecule has 0 fully saturated rings. The second-order valence-corrected chi connectivity index (χ2v) is 4.09. The van der Waals surface area contributed by atoms with Gasteiger partial charge < -0.3 is 15.8 Å². The Morgan fingerprint density at radius 2 is 2.06 bits per heavy atom. The van der Waals surface area contributed by atoms with Crippen molar-refractivity contribution in [2.24, 2.45) is 5.73 Å². The summed E-state index contributed by atoms with van der Waals surface area (Å²) in [6.45, 7) is 4.89. The van der Waals surface area contributed by atoms with Gasteiger partial charge in [0, 0.05) is 18.7 Å². The Kier molecular flexibility index (Phi) is 8.16. The normalized spacial score (nSPS) is 9.78. The standard InChI is InChI=1S/C13H20N2O2.ClH/c1-10(2)17-12-6-4-3-5-11(12)9-13(16)15-8-7-14;/h3-6,10H,7-9,14H2,1-2H3,(H,15,16);1H. The van der Waals surface area contributed by atoms with Crippen molar-refractivity contribution < 1.29 is 9.53 Å². The van der Waals surface area contributed by atoms with Gasteiger partial charge in [-0.1, -0.05) is 18.2 Å². The van der Waals surface area contributed by atoms with Crippen molar-refractivity contribution >= 4 is 18.3 Å². The Balaban J connectivity index is 0.00000289. The lowest BCUT2D eigenvalue weighted by atomic mass is 10.1. The molecular weight excluding hydrogens is 252 g/mol. The fourth-order valence-corrected chi connectivity index (χ4v) is 1.47.